The molecule has 0 spiro atoms. The van der Waals surface area contributed by atoms with Crippen molar-refractivity contribution < 1.29 is 14.6 Å². The molecule has 2 aromatic carbocycles. The summed E-state index contributed by atoms with van der Waals surface area (Å²) in [5, 5.41) is 16.1. The minimum atomic E-state index is -0.833. The molecule has 0 unspecified atom stereocenters. The van der Waals surface area contributed by atoms with Crippen molar-refractivity contribution in [2.75, 3.05) is 26.3 Å². The molecule has 6 nitrogen and oxygen atoms in total. The number of rotatable bonds is 10. The first-order valence-electron chi connectivity index (χ1n) is 12.4. The third-order valence-electron chi connectivity index (χ3n) is 6.56. The molecule has 3 aromatic rings. The fourth-order valence-electron chi connectivity index (χ4n) is 4.50. The molecule has 0 saturated carbocycles. The third-order valence-corrected chi connectivity index (χ3v) is 6.87. The van der Waals surface area contributed by atoms with Crippen molar-refractivity contribution in [3.8, 4) is 11.5 Å². The minimum absolute atomic E-state index is 0.255. The second kappa shape index (κ2) is 11.5. The fourth-order valence-corrected chi connectivity index (χ4v) is 4.67. The zero-order valence-corrected chi connectivity index (χ0v) is 21.7. The Morgan fingerprint density at radius 1 is 1.03 bits per heavy atom. The van der Waals surface area contributed by atoms with Gasteiger partial charge >= 0.3 is 0 Å². The maximum atomic E-state index is 11.0. The average Bonchev–Trinajstić information content (AvgIpc) is 3.16. The second-order valence-corrected chi connectivity index (χ2v) is 10.1. The van der Waals surface area contributed by atoms with Gasteiger partial charge in [0.15, 0.2) is 0 Å². The van der Waals surface area contributed by atoms with Crippen molar-refractivity contribution in [1.82, 2.24) is 14.7 Å². The first kappa shape index (κ1) is 25.5. The van der Waals surface area contributed by atoms with E-state index in [4.69, 9.17) is 21.1 Å². The van der Waals surface area contributed by atoms with Gasteiger partial charge in [-0.3, -0.25) is 9.58 Å². The Bertz CT molecular complexity index is 1120. The number of aliphatic hydroxyl groups is 1. The van der Waals surface area contributed by atoms with Crippen LogP contribution in [0, 0.1) is 20.8 Å². The standard InChI is InChI=1S/C28H36ClN3O3/c1-21-8-9-26(29)27(16-21)35-20-28(33)10-13-31(14-11-28)19-24-6-4-7-25(18-24)34-15-5-12-32-23(3)17-22(2)30-32/h4,6-9,16-18,33H,5,10-15,19-20H2,1-3H3. The summed E-state index contributed by atoms with van der Waals surface area (Å²) in [7, 11) is 0. The van der Waals surface area contributed by atoms with Crippen molar-refractivity contribution in [2.45, 2.75) is 58.7 Å². The van der Waals surface area contributed by atoms with Crippen molar-refractivity contribution in [3.63, 3.8) is 0 Å². The van der Waals surface area contributed by atoms with Gasteiger partial charge in [0.05, 0.1) is 17.3 Å². The smallest absolute Gasteiger partial charge is 0.138 e. The van der Waals surface area contributed by atoms with E-state index >= 15 is 0 Å². The Morgan fingerprint density at radius 3 is 2.57 bits per heavy atom. The highest BCUT2D eigenvalue weighted by Crippen LogP contribution is 2.29. The third kappa shape index (κ3) is 7.23. The van der Waals surface area contributed by atoms with E-state index in [-0.39, 0.29) is 6.61 Å². The lowest BCUT2D eigenvalue weighted by molar-refractivity contribution is -0.0537. The minimum Gasteiger partial charge on any atom is -0.494 e. The molecule has 7 heteroatoms. The molecule has 4 rings (SSSR count). The van der Waals surface area contributed by atoms with E-state index in [0.29, 0.717) is 30.2 Å². The number of piperidine rings is 1. The normalized spacial score (nSPS) is 15.8. The fraction of sp³-hybridized carbons (Fsp3) is 0.464. The average molecular weight is 498 g/mol. The summed E-state index contributed by atoms with van der Waals surface area (Å²) in [5.74, 6) is 1.53. The van der Waals surface area contributed by atoms with Crippen molar-refractivity contribution in [2.24, 2.45) is 0 Å². The molecule has 1 aromatic heterocycles. The largest absolute Gasteiger partial charge is 0.494 e. The van der Waals surface area contributed by atoms with Crippen LogP contribution in [0.2, 0.25) is 5.02 Å². The highest BCUT2D eigenvalue weighted by molar-refractivity contribution is 6.32. The molecule has 1 aliphatic rings. The van der Waals surface area contributed by atoms with E-state index in [2.05, 4.69) is 35.1 Å². The van der Waals surface area contributed by atoms with Gasteiger partial charge in [-0.15, -0.1) is 0 Å². The topological polar surface area (TPSA) is 59.8 Å². The summed E-state index contributed by atoms with van der Waals surface area (Å²) in [5.41, 5.74) is 3.70. The molecule has 1 saturated heterocycles. The van der Waals surface area contributed by atoms with Crippen LogP contribution in [0.1, 0.15) is 41.8 Å². The Morgan fingerprint density at radius 2 is 1.83 bits per heavy atom. The van der Waals surface area contributed by atoms with Crippen LogP contribution in [-0.2, 0) is 13.1 Å². The molecule has 1 N–H and O–H groups in total. The number of aromatic nitrogens is 2. The number of likely N-dealkylation sites (tertiary alicyclic amines) is 1. The maximum absolute atomic E-state index is 11.0. The van der Waals surface area contributed by atoms with Crippen molar-refractivity contribution in [1.29, 1.82) is 0 Å². The van der Waals surface area contributed by atoms with E-state index in [1.807, 2.05) is 48.9 Å². The highest BCUT2D eigenvalue weighted by atomic mass is 35.5. The van der Waals surface area contributed by atoms with E-state index < -0.39 is 5.60 Å². The first-order chi connectivity index (χ1) is 16.8. The lowest BCUT2D eigenvalue weighted by Gasteiger charge is -2.38. The zero-order valence-electron chi connectivity index (χ0n) is 21.0. The van der Waals surface area contributed by atoms with Gasteiger partial charge in [-0.2, -0.15) is 5.10 Å². The van der Waals surface area contributed by atoms with Crippen LogP contribution >= 0.6 is 11.6 Å². The molecule has 35 heavy (non-hydrogen) atoms. The Labute approximate surface area is 213 Å². The van der Waals surface area contributed by atoms with Crippen LogP contribution in [0.3, 0.4) is 0 Å². The first-order valence-corrected chi connectivity index (χ1v) is 12.7. The van der Waals surface area contributed by atoms with Crippen LogP contribution in [0.4, 0.5) is 0 Å². The van der Waals surface area contributed by atoms with E-state index in [9.17, 15) is 5.11 Å². The number of hydrogen-bond donors (Lipinski definition) is 1. The predicted molar refractivity (Wildman–Crippen MR) is 139 cm³/mol. The van der Waals surface area contributed by atoms with Crippen LogP contribution in [0.25, 0.3) is 0 Å². The van der Waals surface area contributed by atoms with Gasteiger partial charge in [0.1, 0.15) is 23.7 Å². The van der Waals surface area contributed by atoms with Crippen LogP contribution in [0.5, 0.6) is 11.5 Å². The van der Waals surface area contributed by atoms with Gasteiger partial charge in [0.2, 0.25) is 0 Å². The van der Waals surface area contributed by atoms with E-state index in [0.717, 1.165) is 49.6 Å². The molecule has 0 bridgehead atoms. The SMILES string of the molecule is Cc1ccc(Cl)c(OCC2(O)CCN(Cc3cccc(OCCCn4nc(C)cc4C)c3)CC2)c1. The van der Waals surface area contributed by atoms with Gasteiger partial charge in [-0.05, 0) is 75.1 Å². The summed E-state index contributed by atoms with van der Waals surface area (Å²) in [6.07, 6.45) is 2.24. The molecular weight excluding hydrogens is 462 g/mol. The monoisotopic (exact) mass is 497 g/mol. The van der Waals surface area contributed by atoms with E-state index in [1.54, 1.807) is 0 Å². The predicted octanol–water partition coefficient (Wildman–Crippen LogP) is 5.34. The molecule has 0 amide bonds. The number of nitrogens with zero attached hydrogens (tertiary/aromatic N) is 3. The van der Waals surface area contributed by atoms with Gasteiger partial charge < -0.3 is 14.6 Å². The van der Waals surface area contributed by atoms with E-state index in [1.165, 1.54) is 11.3 Å². The van der Waals surface area contributed by atoms with Crippen LogP contribution < -0.4 is 9.47 Å². The Kier molecular flexibility index (Phi) is 8.37. The van der Waals surface area contributed by atoms with Crippen molar-refractivity contribution in [3.05, 3.63) is 76.1 Å². The lowest BCUT2D eigenvalue weighted by Crippen LogP contribution is -2.47. The van der Waals surface area contributed by atoms with Crippen LogP contribution in [-0.4, -0.2) is 51.7 Å². The summed E-state index contributed by atoms with van der Waals surface area (Å²) >= 11 is 6.23. The molecule has 0 radical (unpaired) electrons. The highest BCUT2D eigenvalue weighted by Gasteiger charge is 2.33. The Hall–Kier alpha value is -2.54. The maximum Gasteiger partial charge on any atom is 0.138 e. The summed E-state index contributed by atoms with van der Waals surface area (Å²) in [6, 6.07) is 16.1. The molecule has 0 aliphatic carbocycles. The molecular formula is C28H36ClN3O3. The number of halogens is 1. The quantitative estimate of drug-likeness (QED) is 0.383. The molecule has 188 valence electrons. The molecule has 1 aliphatic heterocycles. The number of hydrogen-bond acceptors (Lipinski definition) is 5. The van der Waals surface area contributed by atoms with Gasteiger partial charge in [0, 0.05) is 38.3 Å². The Balaban J connectivity index is 1.21. The zero-order chi connectivity index (χ0) is 24.8. The van der Waals surface area contributed by atoms with Gasteiger partial charge in [-0.25, -0.2) is 0 Å². The summed E-state index contributed by atoms with van der Waals surface area (Å²) in [4.78, 5) is 2.37. The number of aryl methyl sites for hydroxylation is 4. The summed E-state index contributed by atoms with van der Waals surface area (Å²) in [6.45, 7) is 10.3. The number of benzene rings is 2. The second-order valence-electron chi connectivity index (χ2n) is 9.72. The molecule has 1 fully saturated rings. The van der Waals surface area contributed by atoms with Crippen molar-refractivity contribution >= 4 is 11.6 Å². The van der Waals surface area contributed by atoms with Crippen LogP contribution in [0.15, 0.2) is 48.5 Å². The number of ether oxygens (including phenoxy) is 2. The van der Waals surface area contributed by atoms with Gasteiger partial charge in [0.25, 0.3) is 0 Å². The lowest BCUT2D eigenvalue weighted by atomic mass is 9.92. The molecule has 2 heterocycles. The van der Waals surface area contributed by atoms with Gasteiger partial charge in [-0.1, -0.05) is 29.8 Å². The molecule has 0 atom stereocenters. The summed E-state index contributed by atoms with van der Waals surface area (Å²) < 4.78 is 13.9.